The van der Waals surface area contributed by atoms with E-state index in [9.17, 15) is 0 Å². The molecule has 0 spiro atoms. The molecule has 18 heavy (non-hydrogen) atoms. The zero-order chi connectivity index (χ0) is 12.5. The molecule has 1 N–H and O–H groups in total. The maximum absolute atomic E-state index is 3.31. The summed E-state index contributed by atoms with van der Waals surface area (Å²) < 4.78 is 2.44. The molecule has 2 heteroatoms. The zero-order valence-electron chi connectivity index (χ0n) is 11.3. The fourth-order valence-corrected chi connectivity index (χ4v) is 2.75. The molecule has 0 bridgehead atoms. The number of hydrogen-bond acceptors (Lipinski definition) is 1. The molecule has 1 fully saturated rings. The summed E-state index contributed by atoms with van der Waals surface area (Å²) in [5.74, 6) is 0.908. The van der Waals surface area contributed by atoms with Gasteiger partial charge >= 0.3 is 0 Å². The molecule has 3 rings (SSSR count). The van der Waals surface area contributed by atoms with Gasteiger partial charge in [0.25, 0.3) is 0 Å². The number of hydrogen-bond donors (Lipinski definition) is 1. The van der Waals surface area contributed by atoms with Crippen molar-refractivity contribution in [1.29, 1.82) is 0 Å². The molecule has 0 saturated heterocycles. The van der Waals surface area contributed by atoms with E-state index in [1.807, 2.05) is 7.05 Å². The largest absolute Gasteiger partial charge is 0.347 e. The Morgan fingerprint density at radius 2 is 2.17 bits per heavy atom. The number of nitrogens with zero attached hydrogens (tertiary/aromatic N) is 1. The topological polar surface area (TPSA) is 17.0 Å². The molecule has 1 aliphatic rings. The Bertz CT molecular complexity index is 537. The number of fused-ring (bicyclic) bond motifs is 1. The normalized spacial score (nSPS) is 17.9. The van der Waals surface area contributed by atoms with Crippen LogP contribution in [-0.4, -0.2) is 11.6 Å². The second-order valence-electron chi connectivity index (χ2n) is 5.59. The minimum atomic E-state index is 0.418. The first kappa shape index (κ1) is 11.8. The second-order valence-corrected chi connectivity index (χ2v) is 5.59. The Kier molecular flexibility index (Phi) is 3.13. The van der Waals surface area contributed by atoms with Crippen LogP contribution >= 0.6 is 0 Å². The van der Waals surface area contributed by atoms with Crippen molar-refractivity contribution in [2.45, 2.75) is 38.8 Å². The van der Waals surface area contributed by atoms with Crippen LogP contribution in [0, 0.1) is 5.92 Å². The van der Waals surface area contributed by atoms with Crippen molar-refractivity contribution in [3.8, 4) is 0 Å². The van der Waals surface area contributed by atoms with Crippen molar-refractivity contribution in [3.63, 3.8) is 0 Å². The van der Waals surface area contributed by atoms with Crippen molar-refractivity contribution in [2.75, 3.05) is 7.05 Å². The van der Waals surface area contributed by atoms with E-state index in [2.05, 4.69) is 47.3 Å². The molecule has 96 valence electrons. The van der Waals surface area contributed by atoms with Crippen molar-refractivity contribution in [1.82, 2.24) is 9.88 Å². The molecule has 1 atom stereocenters. The van der Waals surface area contributed by atoms with Gasteiger partial charge in [-0.3, -0.25) is 0 Å². The number of benzene rings is 1. The molecular weight excluding hydrogens is 220 g/mol. The molecule has 2 aromatic rings. The number of rotatable bonds is 4. The van der Waals surface area contributed by atoms with Crippen LogP contribution in [0.4, 0.5) is 0 Å². The predicted octanol–water partition coefficient (Wildman–Crippen LogP) is 3.72. The maximum Gasteiger partial charge on any atom is 0.0483 e. The zero-order valence-corrected chi connectivity index (χ0v) is 11.3. The molecule has 1 aliphatic carbocycles. The summed E-state index contributed by atoms with van der Waals surface area (Å²) >= 11 is 0. The lowest BCUT2D eigenvalue weighted by atomic mass is 9.85. The summed E-state index contributed by atoms with van der Waals surface area (Å²) in [4.78, 5) is 0. The molecular formula is C16H22N2. The molecule has 0 aliphatic heterocycles. The Balaban J connectivity index is 1.93. The number of nitrogens with one attached hydrogen (secondary N) is 1. The summed E-state index contributed by atoms with van der Waals surface area (Å²) in [7, 11) is 2.02. The van der Waals surface area contributed by atoms with Crippen LogP contribution in [0.25, 0.3) is 10.9 Å². The Labute approximate surface area is 109 Å². The average Bonchev–Trinajstić information content (AvgIpc) is 2.75. The van der Waals surface area contributed by atoms with Crippen LogP contribution < -0.4 is 5.32 Å². The summed E-state index contributed by atoms with van der Waals surface area (Å²) in [5, 5.41) is 4.67. The average molecular weight is 242 g/mol. The Morgan fingerprint density at radius 1 is 1.33 bits per heavy atom. The third kappa shape index (κ3) is 2.05. The minimum absolute atomic E-state index is 0.418. The summed E-state index contributed by atoms with van der Waals surface area (Å²) in [5.41, 5.74) is 2.76. The molecule has 2 nitrogen and oxygen atoms in total. The van der Waals surface area contributed by atoms with Gasteiger partial charge in [0.15, 0.2) is 0 Å². The van der Waals surface area contributed by atoms with Crippen LogP contribution in [0.2, 0.25) is 0 Å². The van der Waals surface area contributed by atoms with Gasteiger partial charge in [-0.05, 0) is 55.8 Å². The standard InChI is InChI=1S/C16H22N2/c1-12(17-2)15-7-6-14-8-9-18(16(14)10-15)11-13-4-3-5-13/h6-10,12-13,17H,3-5,11H2,1-2H3. The lowest BCUT2D eigenvalue weighted by molar-refractivity contribution is 0.280. The quantitative estimate of drug-likeness (QED) is 0.864. The highest BCUT2D eigenvalue weighted by molar-refractivity contribution is 5.81. The monoisotopic (exact) mass is 242 g/mol. The Hall–Kier alpha value is -1.28. The van der Waals surface area contributed by atoms with Gasteiger partial charge in [-0.1, -0.05) is 18.6 Å². The fourth-order valence-electron chi connectivity index (χ4n) is 2.75. The molecule has 1 heterocycles. The summed E-state index contributed by atoms with van der Waals surface area (Å²) in [6, 6.07) is 9.48. The van der Waals surface area contributed by atoms with E-state index in [1.54, 1.807) is 0 Å². The Morgan fingerprint density at radius 3 is 2.83 bits per heavy atom. The summed E-state index contributed by atoms with van der Waals surface area (Å²) in [6.07, 6.45) is 6.49. The molecule has 1 aromatic heterocycles. The van der Waals surface area contributed by atoms with Crippen molar-refractivity contribution >= 4 is 10.9 Å². The minimum Gasteiger partial charge on any atom is -0.347 e. The van der Waals surface area contributed by atoms with Crippen LogP contribution in [0.3, 0.4) is 0 Å². The number of aromatic nitrogens is 1. The highest BCUT2D eigenvalue weighted by Gasteiger charge is 2.18. The van der Waals surface area contributed by atoms with Crippen molar-refractivity contribution in [2.24, 2.45) is 5.92 Å². The molecule has 1 aromatic carbocycles. The molecule has 0 radical (unpaired) electrons. The first-order valence-corrected chi connectivity index (χ1v) is 7.04. The van der Waals surface area contributed by atoms with Crippen LogP contribution in [0.1, 0.15) is 37.8 Å². The maximum atomic E-state index is 3.31. The van der Waals surface area contributed by atoms with Gasteiger partial charge in [0, 0.05) is 24.3 Å². The fraction of sp³-hybridized carbons (Fsp3) is 0.500. The van der Waals surface area contributed by atoms with E-state index in [4.69, 9.17) is 0 Å². The first-order valence-electron chi connectivity index (χ1n) is 7.04. The molecule has 0 amide bonds. The smallest absolute Gasteiger partial charge is 0.0483 e. The van der Waals surface area contributed by atoms with E-state index in [1.165, 1.54) is 42.3 Å². The van der Waals surface area contributed by atoms with E-state index in [0.717, 1.165) is 5.92 Å². The highest BCUT2D eigenvalue weighted by atomic mass is 15.0. The summed E-state index contributed by atoms with van der Waals surface area (Å²) in [6.45, 7) is 3.40. The lowest BCUT2D eigenvalue weighted by Gasteiger charge is -2.26. The van der Waals surface area contributed by atoms with E-state index in [0.29, 0.717) is 6.04 Å². The van der Waals surface area contributed by atoms with Crippen molar-refractivity contribution < 1.29 is 0 Å². The van der Waals surface area contributed by atoms with Gasteiger partial charge in [-0.15, -0.1) is 0 Å². The van der Waals surface area contributed by atoms with Gasteiger partial charge in [0.1, 0.15) is 0 Å². The van der Waals surface area contributed by atoms with Gasteiger partial charge in [0.2, 0.25) is 0 Å². The van der Waals surface area contributed by atoms with Crippen molar-refractivity contribution in [3.05, 3.63) is 36.0 Å². The van der Waals surface area contributed by atoms with E-state index >= 15 is 0 Å². The van der Waals surface area contributed by atoms with Gasteiger partial charge in [-0.2, -0.15) is 0 Å². The highest BCUT2D eigenvalue weighted by Crippen LogP contribution is 2.30. The SMILES string of the molecule is CNC(C)c1ccc2ccn(CC3CCC3)c2c1. The lowest BCUT2D eigenvalue weighted by Crippen LogP contribution is -2.17. The van der Waals surface area contributed by atoms with Gasteiger partial charge < -0.3 is 9.88 Å². The van der Waals surface area contributed by atoms with E-state index < -0.39 is 0 Å². The first-order chi connectivity index (χ1) is 8.78. The second kappa shape index (κ2) is 4.77. The predicted molar refractivity (Wildman–Crippen MR) is 76.8 cm³/mol. The third-order valence-corrected chi connectivity index (χ3v) is 4.41. The van der Waals surface area contributed by atoms with Crippen LogP contribution in [0.5, 0.6) is 0 Å². The molecule has 1 saturated carbocycles. The van der Waals surface area contributed by atoms with Crippen LogP contribution in [0.15, 0.2) is 30.5 Å². The van der Waals surface area contributed by atoms with Gasteiger partial charge in [-0.25, -0.2) is 0 Å². The third-order valence-electron chi connectivity index (χ3n) is 4.41. The molecule has 1 unspecified atom stereocenters. The van der Waals surface area contributed by atoms with Gasteiger partial charge in [0.05, 0.1) is 0 Å². The van der Waals surface area contributed by atoms with Crippen LogP contribution in [-0.2, 0) is 6.54 Å². The van der Waals surface area contributed by atoms with E-state index in [-0.39, 0.29) is 0 Å².